The zero-order valence-corrected chi connectivity index (χ0v) is 10.5. The summed E-state index contributed by atoms with van der Waals surface area (Å²) in [6.45, 7) is 0. The van der Waals surface area contributed by atoms with Crippen LogP contribution in [0.1, 0.15) is 31.2 Å². The number of hydrogen-bond donors (Lipinski definition) is 2. The second-order valence-corrected chi connectivity index (χ2v) is 5.40. The van der Waals surface area contributed by atoms with Crippen molar-refractivity contribution in [3.05, 3.63) is 42.2 Å². The number of pyridine rings is 1. The zero-order chi connectivity index (χ0) is 12.6. The molecular formula is C15H19N3. The maximum Gasteiger partial charge on any atom is 0.0417 e. The molecule has 1 aromatic heterocycles. The highest BCUT2D eigenvalue weighted by atomic mass is 14.8. The van der Waals surface area contributed by atoms with E-state index in [0.29, 0.717) is 6.04 Å². The minimum absolute atomic E-state index is 0.225. The molecule has 3 rings (SSSR count). The fourth-order valence-electron chi connectivity index (χ4n) is 2.98. The van der Waals surface area contributed by atoms with E-state index in [1.54, 1.807) is 0 Å². The molecule has 1 heterocycles. The Morgan fingerprint density at radius 3 is 2.72 bits per heavy atom. The number of rotatable bonds is 1. The van der Waals surface area contributed by atoms with Crippen LogP contribution < -0.4 is 11.5 Å². The van der Waals surface area contributed by atoms with E-state index in [2.05, 4.69) is 29.2 Å². The molecule has 0 aliphatic heterocycles. The maximum absolute atomic E-state index is 6.63. The van der Waals surface area contributed by atoms with Gasteiger partial charge in [-0.05, 0) is 42.7 Å². The third-order valence-electron chi connectivity index (χ3n) is 4.14. The number of hydrogen-bond acceptors (Lipinski definition) is 3. The molecule has 1 fully saturated rings. The van der Waals surface area contributed by atoms with Crippen molar-refractivity contribution in [2.75, 3.05) is 0 Å². The first-order valence-corrected chi connectivity index (χ1v) is 6.57. The number of fused-ring (bicyclic) bond motifs is 1. The molecule has 1 aliphatic rings. The minimum atomic E-state index is -0.225. The van der Waals surface area contributed by atoms with Crippen LogP contribution >= 0.6 is 0 Å². The van der Waals surface area contributed by atoms with E-state index < -0.39 is 0 Å². The third kappa shape index (κ3) is 1.89. The van der Waals surface area contributed by atoms with Crippen molar-refractivity contribution in [3.8, 4) is 0 Å². The van der Waals surface area contributed by atoms with Gasteiger partial charge in [-0.25, -0.2) is 0 Å². The molecule has 1 aliphatic carbocycles. The Bertz CT molecular complexity index is 551. The molecule has 3 nitrogen and oxygen atoms in total. The molecule has 4 N–H and O–H groups in total. The van der Waals surface area contributed by atoms with Gasteiger partial charge in [-0.3, -0.25) is 4.98 Å². The van der Waals surface area contributed by atoms with E-state index in [-0.39, 0.29) is 5.54 Å². The third-order valence-corrected chi connectivity index (χ3v) is 4.14. The van der Waals surface area contributed by atoms with Crippen LogP contribution in [0.4, 0.5) is 0 Å². The van der Waals surface area contributed by atoms with Gasteiger partial charge in [-0.15, -0.1) is 0 Å². The van der Waals surface area contributed by atoms with E-state index in [0.717, 1.165) is 31.1 Å². The Labute approximate surface area is 107 Å². The Morgan fingerprint density at radius 2 is 1.94 bits per heavy atom. The lowest BCUT2D eigenvalue weighted by Gasteiger charge is -2.37. The van der Waals surface area contributed by atoms with E-state index in [1.165, 1.54) is 10.9 Å². The van der Waals surface area contributed by atoms with Crippen LogP contribution in [0, 0.1) is 0 Å². The van der Waals surface area contributed by atoms with Gasteiger partial charge in [0.15, 0.2) is 0 Å². The van der Waals surface area contributed by atoms with Crippen LogP contribution in [0.25, 0.3) is 10.8 Å². The normalized spacial score (nSPS) is 28.4. The molecule has 0 saturated heterocycles. The van der Waals surface area contributed by atoms with Gasteiger partial charge in [0.05, 0.1) is 0 Å². The smallest absolute Gasteiger partial charge is 0.0417 e. The predicted molar refractivity (Wildman–Crippen MR) is 74.1 cm³/mol. The number of benzene rings is 1. The highest BCUT2D eigenvalue weighted by molar-refractivity contribution is 5.85. The molecule has 1 saturated carbocycles. The first-order chi connectivity index (χ1) is 8.69. The SMILES string of the molecule is NC1CCC(N)(c2cccc3cnccc23)CC1. The quantitative estimate of drug-likeness (QED) is 0.805. The highest BCUT2D eigenvalue weighted by Crippen LogP contribution is 2.37. The molecule has 3 heteroatoms. The van der Waals surface area contributed by atoms with Gasteiger partial charge in [-0.1, -0.05) is 18.2 Å². The number of nitrogens with two attached hydrogens (primary N) is 2. The van der Waals surface area contributed by atoms with Gasteiger partial charge in [0.25, 0.3) is 0 Å². The van der Waals surface area contributed by atoms with Crippen molar-refractivity contribution in [2.45, 2.75) is 37.3 Å². The van der Waals surface area contributed by atoms with E-state index in [9.17, 15) is 0 Å². The van der Waals surface area contributed by atoms with Crippen molar-refractivity contribution in [1.82, 2.24) is 4.98 Å². The van der Waals surface area contributed by atoms with Crippen LogP contribution in [0.3, 0.4) is 0 Å². The summed E-state index contributed by atoms with van der Waals surface area (Å²) in [5.74, 6) is 0. The summed E-state index contributed by atoms with van der Waals surface area (Å²) in [4.78, 5) is 4.17. The van der Waals surface area contributed by atoms with Crippen LogP contribution in [0.5, 0.6) is 0 Å². The van der Waals surface area contributed by atoms with Crippen molar-refractivity contribution >= 4 is 10.8 Å². The molecule has 94 valence electrons. The van der Waals surface area contributed by atoms with Crippen molar-refractivity contribution in [1.29, 1.82) is 0 Å². The van der Waals surface area contributed by atoms with Gasteiger partial charge < -0.3 is 11.5 Å². The molecule has 0 unspecified atom stereocenters. The monoisotopic (exact) mass is 241 g/mol. The molecule has 0 atom stereocenters. The van der Waals surface area contributed by atoms with Crippen molar-refractivity contribution < 1.29 is 0 Å². The molecule has 0 spiro atoms. The van der Waals surface area contributed by atoms with Crippen molar-refractivity contribution in [3.63, 3.8) is 0 Å². The summed E-state index contributed by atoms with van der Waals surface area (Å²) >= 11 is 0. The standard InChI is InChI=1S/C15H19N3/c16-12-4-7-15(17,8-5-12)14-3-1-2-11-10-18-9-6-13(11)14/h1-3,6,9-10,12H,4-5,7-8,16-17H2. The van der Waals surface area contributed by atoms with Gasteiger partial charge in [-0.2, -0.15) is 0 Å². The second-order valence-electron chi connectivity index (χ2n) is 5.40. The summed E-state index contributed by atoms with van der Waals surface area (Å²) in [6, 6.07) is 8.69. The van der Waals surface area contributed by atoms with Gasteiger partial charge in [0, 0.05) is 29.4 Å². The average Bonchev–Trinajstić information content (AvgIpc) is 2.42. The lowest BCUT2D eigenvalue weighted by atomic mass is 9.74. The topological polar surface area (TPSA) is 64.9 Å². The molecule has 2 aromatic rings. The van der Waals surface area contributed by atoms with Crippen LogP contribution in [-0.2, 0) is 5.54 Å². The van der Waals surface area contributed by atoms with E-state index in [1.807, 2.05) is 12.4 Å². The van der Waals surface area contributed by atoms with E-state index >= 15 is 0 Å². The summed E-state index contributed by atoms with van der Waals surface area (Å²) < 4.78 is 0. The lowest BCUT2D eigenvalue weighted by Crippen LogP contribution is -2.43. The summed E-state index contributed by atoms with van der Waals surface area (Å²) in [6.07, 6.45) is 7.70. The van der Waals surface area contributed by atoms with Gasteiger partial charge >= 0.3 is 0 Å². The number of aromatic nitrogens is 1. The molecule has 18 heavy (non-hydrogen) atoms. The minimum Gasteiger partial charge on any atom is -0.328 e. The Balaban J connectivity index is 2.08. The maximum atomic E-state index is 6.63. The average molecular weight is 241 g/mol. The zero-order valence-electron chi connectivity index (χ0n) is 10.5. The largest absolute Gasteiger partial charge is 0.328 e. The first-order valence-electron chi connectivity index (χ1n) is 6.57. The van der Waals surface area contributed by atoms with Gasteiger partial charge in [0.2, 0.25) is 0 Å². The molecular weight excluding hydrogens is 222 g/mol. The molecule has 0 bridgehead atoms. The molecule has 0 amide bonds. The summed E-state index contributed by atoms with van der Waals surface area (Å²) in [5, 5.41) is 2.39. The first kappa shape index (κ1) is 11.6. The Hall–Kier alpha value is -1.45. The van der Waals surface area contributed by atoms with Crippen LogP contribution in [0.2, 0.25) is 0 Å². The lowest BCUT2D eigenvalue weighted by molar-refractivity contribution is 0.279. The van der Waals surface area contributed by atoms with Crippen LogP contribution in [0.15, 0.2) is 36.7 Å². The highest BCUT2D eigenvalue weighted by Gasteiger charge is 2.33. The van der Waals surface area contributed by atoms with Gasteiger partial charge in [0.1, 0.15) is 0 Å². The Morgan fingerprint density at radius 1 is 1.17 bits per heavy atom. The Kier molecular flexibility index (Phi) is 2.80. The predicted octanol–water partition coefficient (Wildman–Crippen LogP) is 2.29. The van der Waals surface area contributed by atoms with E-state index in [4.69, 9.17) is 11.5 Å². The second kappa shape index (κ2) is 4.34. The number of nitrogens with zero attached hydrogens (tertiary/aromatic N) is 1. The van der Waals surface area contributed by atoms with Crippen LogP contribution in [-0.4, -0.2) is 11.0 Å². The summed E-state index contributed by atoms with van der Waals surface area (Å²) in [5.41, 5.74) is 13.6. The summed E-state index contributed by atoms with van der Waals surface area (Å²) in [7, 11) is 0. The fourth-order valence-corrected chi connectivity index (χ4v) is 2.98. The molecule has 1 aromatic carbocycles. The van der Waals surface area contributed by atoms with Crippen molar-refractivity contribution in [2.24, 2.45) is 11.5 Å². The molecule has 0 radical (unpaired) electrons. The fraction of sp³-hybridized carbons (Fsp3) is 0.400.